The van der Waals surface area contributed by atoms with Crippen molar-refractivity contribution in [3.63, 3.8) is 0 Å². The van der Waals surface area contributed by atoms with Gasteiger partial charge in [-0.25, -0.2) is 13.1 Å². The zero-order valence-corrected chi connectivity index (χ0v) is 18.6. The Morgan fingerprint density at radius 2 is 1.84 bits per heavy atom. The van der Waals surface area contributed by atoms with Gasteiger partial charge in [-0.05, 0) is 55.3 Å². The van der Waals surface area contributed by atoms with Crippen LogP contribution in [0.25, 0.3) is 0 Å². The Hall–Kier alpha value is -3.10. The second-order valence-corrected chi connectivity index (χ2v) is 8.99. The molecule has 0 radical (unpaired) electrons. The summed E-state index contributed by atoms with van der Waals surface area (Å²) in [6.45, 7) is 4.45. The maximum atomic E-state index is 12.9. The van der Waals surface area contributed by atoms with E-state index in [1.54, 1.807) is 32.2 Å². The van der Waals surface area contributed by atoms with Gasteiger partial charge < -0.3 is 14.1 Å². The number of rotatable bonds is 9. The van der Waals surface area contributed by atoms with Crippen LogP contribution in [0, 0.1) is 13.8 Å². The molecule has 0 aliphatic carbocycles. The quantitative estimate of drug-likeness (QED) is 0.548. The molecule has 164 valence electrons. The van der Waals surface area contributed by atoms with E-state index in [0.717, 1.165) is 11.3 Å². The number of hydrogen-bond acceptors (Lipinski definition) is 5. The Balaban J connectivity index is 1.66. The number of ether oxygens (including phenoxy) is 1. The number of nitrogens with zero attached hydrogens (tertiary/aromatic N) is 1. The van der Waals surface area contributed by atoms with E-state index in [1.807, 2.05) is 31.2 Å². The summed E-state index contributed by atoms with van der Waals surface area (Å²) >= 11 is 0. The molecule has 3 rings (SSSR count). The number of carbonyl (C=O) groups is 1. The third-order valence-corrected chi connectivity index (χ3v) is 6.29. The Labute approximate surface area is 182 Å². The maximum Gasteiger partial charge on any atom is 0.254 e. The van der Waals surface area contributed by atoms with Gasteiger partial charge in [0.05, 0.1) is 24.2 Å². The van der Waals surface area contributed by atoms with Crippen LogP contribution >= 0.6 is 0 Å². The molecule has 0 fully saturated rings. The Kier molecular flexibility index (Phi) is 7.14. The van der Waals surface area contributed by atoms with Crippen molar-refractivity contribution in [3.8, 4) is 5.75 Å². The summed E-state index contributed by atoms with van der Waals surface area (Å²) in [5.74, 6) is 1.00. The molecule has 1 aromatic heterocycles. The van der Waals surface area contributed by atoms with Crippen LogP contribution in [0.4, 0.5) is 0 Å². The van der Waals surface area contributed by atoms with E-state index >= 15 is 0 Å². The molecule has 1 amide bonds. The van der Waals surface area contributed by atoms with Crippen LogP contribution in [0.5, 0.6) is 5.75 Å². The van der Waals surface area contributed by atoms with Gasteiger partial charge in [0.2, 0.25) is 10.0 Å². The minimum Gasteiger partial charge on any atom is -0.491 e. The topological polar surface area (TPSA) is 88.8 Å². The summed E-state index contributed by atoms with van der Waals surface area (Å²) in [4.78, 5) is 14.5. The highest BCUT2D eigenvalue weighted by Crippen LogP contribution is 2.19. The maximum absolute atomic E-state index is 12.9. The molecule has 1 heterocycles. The first-order valence-corrected chi connectivity index (χ1v) is 11.3. The van der Waals surface area contributed by atoms with Gasteiger partial charge in [0.1, 0.15) is 18.1 Å². The predicted octanol–water partition coefficient (Wildman–Crippen LogP) is 3.53. The molecule has 0 saturated carbocycles. The summed E-state index contributed by atoms with van der Waals surface area (Å²) in [5.41, 5.74) is 2.05. The van der Waals surface area contributed by atoms with Crippen LogP contribution in [0.1, 0.15) is 27.2 Å². The first-order chi connectivity index (χ1) is 14.8. The third-order valence-electron chi connectivity index (χ3n) is 4.89. The van der Waals surface area contributed by atoms with Gasteiger partial charge >= 0.3 is 0 Å². The number of likely N-dealkylation sites (N-methyl/N-ethyl adjacent to an activating group) is 1. The lowest BCUT2D eigenvalue weighted by molar-refractivity contribution is 0.0772. The molecule has 0 aliphatic rings. The number of benzene rings is 2. The van der Waals surface area contributed by atoms with E-state index in [0.29, 0.717) is 30.0 Å². The minimum atomic E-state index is -3.80. The van der Waals surface area contributed by atoms with Crippen molar-refractivity contribution in [1.29, 1.82) is 0 Å². The van der Waals surface area contributed by atoms with E-state index in [4.69, 9.17) is 9.15 Å². The van der Waals surface area contributed by atoms with Crippen molar-refractivity contribution in [3.05, 3.63) is 83.3 Å². The van der Waals surface area contributed by atoms with Crippen LogP contribution in [0.2, 0.25) is 0 Å². The summed E-state index contributed by atoms with van der Waals surface area (Å²) in [6, 6.07) is 15.6. The van der Waals surface area contributed by atoms with Crippen LogP contribution in [-0.2, 0) is 16.6 Å². The first-order valence-electron chi connectivity index (χ1n) is 9.84. The highest BCUT2D eigenvalue weighted by atomic mass is 32.2. The summed E-state index contributed by atoms with van der Waals surface area (Å²) in [6.07, 6.45) is 1.48. The SMILES string of the molecule is Cc1ccccc1OCCN(C)C(=O)c1cc(S(=O)(=O)NCc2ccco2)ccc1C. The molecule has 2 aromatic carbocycles. The largest absolute Gasteiger partial charge is 0.491 e. The van der Waals surface area contributed by atoms with Crippen LogP contribution in [-0.4, -0.2) is 39.4 Å². The second-order valence-electron chi connectivity index (χ2n) is 7.22. The number of para-hydroxylation sites is 1. The van der Waals surface area contributed by atoms with E-state index in [9.17, 15) is 13.2 Å². The molecule has 31 heavy (non-hydrogen) atoms. The third kappa shape index (κ3) is 5.74. The summed E-state index contributed by atoms with van der Waals surface area (Å²) in [7, 11) is -2.13. The molecule has 0 saturated heterocycles. The second kappa shape index (κ2) is 9.80. The van der Waals surface area contributed by atoms with Crippen LogP contribution < -0.4 is 9.46 Å². The number of nitrogens with one attached hydrogen (secondary N) is 1. The van der Waals surface area contributed by atoms with Crippen molar-refractivity contribution in [1.82, 2.24) is 9.62 Å². The van der Waals surface area contributed by atoms with Crippen molar-refractivity contribution >= 4 is 15.9 Å². The average Bonchev–Trinajstić information content (AvgIpc) is 3.27. The van der Waals surface area contributed by atoms with E-state index in [-0.39, 0.29) is 17.3 Å². The first kappa shape index (κ1) is 22.6. The van der Waals surface area contributed by atoms with Gasteiger partial charge in [-0.15, -0.1) is 0 Å². The van der Waals surface area contributed by atoms with Gasteiger partial charge in [-0.1, -0.05) is 24.3 Å². The molecule has 0 aliphatic heterocycles. The normalized spacial score (nSPS) is 11.3. The molecule has 0 bridgehead atoms. The van der Waals surface area contributed by atoms with E-state index in [2.05, 4.69) is 4.72 Å². The fourth-order valence-electron chi connectivity index (χ4n) is 2.98. The van der Waals surface area contributed by atoms with Crippen molar-refractivity contribution in [2.75, 3.05) is 20.2 Å². The van der Waals surface area contributed by atoms with Crippen LogP contribution in [0.15, 0.2) is 70.2 Å². The van der Waals surface area contributed by atoms with Crippen molar-refractivity contribution in [2.45, 2.75) is 25.3 Å². The smallest absolute Gasteiger partial charge is 0.254 e. The standard InChI is InChI=1S/C23H26N2O5S/c1-17-10-11-20(31(27,28)24-16-19-8-6-13-29-19)15-21(17)23(26)25(3)12-14-30-22-9-5-4-7-18(22)2/h4-11,13,15,24H,12,14,16H2,1-3H3. The molecule has 0 spiro atoms. The lowest BCUT2D eigenvalue weighted by Gasteiger charge is -2.19. The average molecular weight is 443 g/mol. The molecule has 1 N–H and O–H groups in total. The highest BCUT2D eigenvalue weighted by Gasteiger charge is 2.20. The zero-order chi connectivity index (χ0) is 22.4. The summed E-state index contributed by atoms with van der Waals surface area (Å²) in [5, 5.41) is 0. The molecule has 0 atom stereocenters. The van der Waals surface area contributed by atoms with Gasteiger partial charge in [0.25, 0.3) is 5.91 Å². The predicted molar refractivity (Wildman–Crippen MR) is 118 cm³/mol. The molecule has 3 aromatic rings. The van der Waals surface area contributed by atoms with E-state index in [1.165, 1.54) is 23.3 Å². The van der Waals surface area contributed by atoms with Crippen molar-refractivity contribution < 1.29 is 22.4 Å². The molecule has 0 unspecified atom stereocenters. The lowest BCUT2D eigenvalue weighted by atomic mass is 10.1. The number of carbonyl (C=O) groups excluding carboxylic acids is 1. The van der Waals surface area contributed by atoms with Gasteiger partial charge in [-0.2, -0.15) is 0 Å². The van der Waals surface area contributed by atoms with Crippen molar-refractivity contribution in [2.24, 2.45) is 0 Å². The fourth-order valence-corrected chi connectivity index (χ4v) is 4.00. The van der Waals surface area contributed by atoms with E-state index < -0.39 is 10.0 Å². The molecule has 8 heteroatoms. The highest BCUT2D eigenvalue weighted by molar-refractivity contribution is 7.89. The van der Waals surface area contributed by atoms with Gasteiger partial charge in [-0.3, -0.25) is 4.79 Å². The minimum absolute atomic E-state index is 0.0255. The Bertz CT molecular complexity index is 1140. The number of hydrogen-bond donors (Lipinski definition) is 1. The number of amides is 1. The fraction of sp³-hybridized carbons (Fsp3) is 0.261. The van der Waals surface area contributed by atoms with Gasteiger partial charge in [0.15, 0.2) is 0 Å². The summed E-state index contributed by atoms with van der Waals surface area (Å²) < 4.78 is 38.7. The number of sulfonamides is 1. The Morgan fingerprint density at radius 3 is 2.55 bits per heavy atom. The lowest BCUT2D eigenvalue weighted by Crippen LogP contribution is -2.32. The molecule has 7 nitrogen and oxygen atoms in total. The van der Waals surface area contributed by atoms with Crippen LogP contribution in [0.3, 0.4) is 0 Å². The zero-order valence-electron chi connectivity index (χ0n) is 17.8. The van der Waals surface area contributed by atoms with Gasteiger partial charge in [0, 0.05) is 12.6 Å². The number of aryl methyl sites for hydroxylation is 2. The molecular weight excluding hydrogens is 416 g/mol. The monoisotopic (exact) mass is 442 g/mol. The Morgan fingerprint density at radius 1 is 1.06 bits per heavy atom. The number of furan rings is 1. The molecular formula is C23H26N2O5S.